The van der Waals surface area contributed by atoms with Crippen LogP contribution in [0, 0.1) is 0 Å². The summed E-state index contributed by atoms with van der Waals surface area (Å²) in [5, 5.41) is 2.94. The molecule has 192 valence electrons. The molecule has 0 aliphatic rings. The van der Waals surface area contributed by atoms with E-state index in [1.807, 2.05) is 54.6 Å². The van der Waals surface area contributed by atoms with Gasteiger partial charge < -0.3 is 24.3 Å². The number of anilines is 1. The van der Waals surface area contributed by atoms with Gasteiger partial charge in [-0.2, -0.15) is 4.37 Å². The highest BCUT2D eigenvalue weighted by atomic mass is 35.5. The molecule has 0 radical (unpaired) electrons. The molecule has 0 bridgehead atoms. The highest BCUT2D eigenvalue weighted by Gasteiger charge is 2.22. The van der Waals surface area contributed by atoms with Crippen molar-refractivity contribution < 1.29 is 23.7 Å². The molecule has 4 aromatic rings. The summed E-state index contributed by atoms with van der Waals surface area (Å²) in [6.45, 7) is 0. The fraction of sp³-hybridized carbons (Fsp3) is 0.185. The molecule has 8 nitrogen and oxygen atoms in total. The number of halogens is 1. The van der Waals surface area contributed by atoms with Crippen LogP contribution in [0.5, 0.6) is 23.0 Å². The number of methoxy groups -OCH3 is 4. The van der Waals surface area contributed by atoms with Crippen molar-refractivity contribution in [3.05, 3.63) is 72.4 Å². The number of carbonyl (C=O) groups is 1. The van der Waals surface area contributed by atoms with Crippen LogP contribution in [0.15, 0.2) is 66.9 Å². The first-order chi connectivity index (χ1) is 18.0. The van der Waals surface area contributed by atoms with E-state index in [1.165, 1.54) is 11.5 Å². The van der Waals surface area contributed by atoms with Gasteiger partial charge in [0.25, 0.3) is 0 Å². The smallest absolute Gasteiger partial charge is 0.247 e. The van der Waals surface area contributed by atoms with E-state index in [2.05, 4.69) is 14.5 Å². The summed E-state index contributed by atoms with van der Waals surface area (Å²) < 4.78 is 26.4. The normalized spacial score (nSPS) is 11.5. The van der Waals surface area contributed by atoms with Crippen LogP contribution >= 0.6 is 23.3 Å². The van der Waals surface area contributed by atoms with Crippen molar-refractivity contribution in [3.63, 3.8) is 0 Å². The monoisotopic (exact) mass is 539 g/mol. The lowest BCUT2D eigenvalue weighted by atomic mass is 10.0. The molecule has 37 heavy (non-hydrogen) atoms. The molecule has 2 N–H and O–H groups in total. The second kappa shape index (κ2) is 12.0. The lowest BCUT2D eigenvalue weighted by Gasteiger charge is -2.17. The summed E-state index contributed by atoms with van der Waals surface area (Å²) in [7, 11) is 6.26. The van der Waals surface area contributed by atoms with Crippen molar-refractivity contribution in [1.29, 1.82) is 0 Å². The Morgan fingerprint density at radius 1 is 0.865 bits per heavy atom. The van der Waals surface area contributed by atoms with Crippen molar-refractivity contribution in [2.24, 2.45) is 0 Å². The van der Waals surface area contributed by atoms with Crippen molar-refractivity contribution in [3.8, 4) is 44.6 Å². The predicted octanol–water partition coefficient (Wildman–Crippen LogP) is 5.93. The molecule has 0 aliphatic heterocycles. The fourth-order valence-corrected chi connectivity index (χ4v) is 4.93. The molecule has 1 heterocycles. The van der Waals surface area contributed by atoms with Crippen molar-refractivity contribution in [2.45, 2.75) is 6.04 Å². The Balaban J connectivity index is 1.72. The Morgan fingerprint density at radius 2 is 1.54 bits per heavy atom. The molecule has 0 spiro atoms. The minimum absolute atomic E-state index is 0.329. The topological polar surface area (TPSA) is 90.9 Å². The van der Waals surface area contributed by atoms with E-state index in [9.17, 15) is 4.79 Å². The molecule has 0 saturated carbocycles. The minimum Gasteiger partial charge on any atom is -0.495 e. The van der Waals surface area contributed by atoms with Crippen molar-refractivity contribution in [2.75, 3.05) is 33.8 Å². The van der Waals surface area contributed by atoms with Gasteiger partial charge in [-0.3, -0.25) is 4.79 Å². The number of amides is 1. The van der Waals surface area contributed by atoms with Crippen LogP contribution in [0.4, 0.5) is 5.69 Å². The quantitative estimate of drug-likeness (QED) is 0.241. The highest BCUT2D eigenvalue weighted by Crippen LogP contribution is 2.45. The van der Waals surface area contributed by atoms with Gasteiger partial charge in [0.1, 0.15) is 11.8 Å². The Labute approximate surface area is 224 Å². The van der Waals surface area contributed by atoms with Crippen LogP contribution < -0.4 is 29.1 Å². The average molecular weight is 540 g/mol. The molecule has 0 saturated heterocycles. The van der Waals surface area contributed by atoms with Crippen LogP contribution in [0.2, 0.25) is 0 Å². The van der Waals surface area contributed by atoms with Gasteiger partial charge in [0.2, 0.25) is 11.7 Å². The van der Waals surface area contributed by atoms with Crippen molar-refractivity contribution in [1.82, 2.24) is 9.21 Å². The maximum Gasteiger partial charge on any atom is 0.247 e. The third-order valence-corrected chi connectivity index (χ3v) is 6.84. The van der Waals surface area contributed by atoms with Gasteiger partial charge in [-0.15, -0.1) is 0 Å². The number of nitrogens with one attached hydrogen (secondary N) is 2. The zero-order valence-corrected chi connectivity index (χ0v) is 22.3. The zero-order chi connectivity index (χ0) is 26.4. The third kappa shape index (κ3) is 5.48. The Bertz CT molecular complexity index is 1350. The summed E-state index contributed by atoms with van der Waals surface area (Å²) in [6, 6.07) is 17.8. The Kier molecular flexibility index (Phi) is 8.50. The highest BCUT2D eigenvalue weighted by molar-refractivity contribution is 7.10. The standard InChI is InChI=1S/C27H26ClN3O5S/c1-33-21-11-10-17(12-20(21)30-27(32)24(31-28)16-8-6-5-7-9-16)19-15-29-37-26(19)18-13-22(34-2)25(36-4)23(14-18)35-3/h5-15,24,31H,1-4H3,(H,30,32)/t24-/m0/s1. The molecule has 0 fully saturated rings. The van der Waals surface area contributed by atoms with E-state index in [0.717, 1.165) is 27.1 Å². The zero-order valence-electron chi connectivity index (χ0n) is 20.7. The van der Waals surface area contributed by atoms with Gasteiger partial charge in [-0.1, -0.05) is 36.4 Å². The summed E-state index contributed by atoms with van der Waals surface area (Å²) in [6.07, 6.45) is 1.78. The maximum absolute atomic E-state index is 13.1. The molecule has 0 aliphatic carbocycles. The molecule has 1 atom stereocenters. The van der Waals surface area contributed by atoms with Crippen LogP contribution in [0.1, 0.15) is 11.6 Å². The number of hydrogen-bond acceptors (Lipinski definition) is 8. The average Bonchev–Trinajstić information content (AvgIpc) is 3.43. The van der Waals surface area contributed by atoms with Gasteiger partial charge in [0.05, 0.1) is 39.0 Å². The molecular weight excluding hydrogens is 514 g/mol. The second-order valence-corrected chi connectivity index (χ2v) is 8.86. The van der Waals surface area contributed by atoms with E-state index in [4.69, 9.17) is 30.7 Å². The second-order valence-electron chi connectivity index (χ2n) is 7.84. The van der Waals surface area contributed by atoms with E-state index >= 15 is 0 Å². The summed E-state index contributed by atoms with van der Waals surface area (Å²) in [4.78, 5) is 16.6. The van der Waals surface area contributed by atoms with Gasteiger partial charge in [-0.25, -0.2) is 4.84 Å². The largest absolute Gasteiger partial charge is 0.495 e. The summed E-state index contributed by atoms with van der Waals surface area (Å²) in [5.74, 6) is 1.77. The van der Waals surface area contributed by atoms with Crippen LogP contribution in [0.3, 0.4) is 0 Å². The first-order valence-corrected chi connectivity index (χ1v) is 12.3. The molecule has 4 rings (SSSR count). The van der Waals surface area contributed by atoms with E-state index in [-0.39, 0.29) is 5.91 Å². The first kappa shape index (κ1) is 26.3. The van der Waals surface area contributed by atoms with Gasteiger partial charge in [-0.05, 0) is 58.7 Å². The van der Waals surface area contributed by atoms with Gasteiger partial charge in [0.15, 0.2) is 11.5 Å². The number of benzene rings is 3. The third-order valence-electron chi connectivity index (χ3n) is 5.77. The van der Waals surface area contributed by atoms with E-state index in [0.29, 0.717) is 28.7 Å². The molecule has 1 aromatic heterocycles. The summed E-state index contributed by atoms with van der Waals surface area (Å²) >= 11 is 7.27. The van der Waals surface area contributed by atoms with E-state index in [1.54, 1.807) is 40.7 Å². The van der Waals surface area contributed by atoms with Crippen LogP contribution in [-0.4, -0.2) is 38.7 Å². The number of aromatic nitrogens is 1. The maximum atomic E-state index is 13.1. The number of nitrogens with zero attached hydrogens (tertiary/aromatic N) is 1. The number of carbonyl (C=O) groups excluding carboxylic acids is 1. The minimum atomic E-state index is -0.756. The number of ether oxygens (including phenoxy) is 4. The number of rotatable bonds is 10. The summed E-state index contributed by atoms with van der Waals surface area (Å²) in [5.41, 5.74) is 3.79. The van der Waals surface area contributed by atoms with Crippen LogP contribution in [-0.2, 0) is 4.79 Å². The Morgan fingerprint density at radius 3 is 2.14 bits per heavy atom. The molecule has 0 unspecified atom stereocenters. The lowest BCUT2D eigenvalue weighted by molar-refractivity contribution is -0.117. The fourth-order valence-electron chi connectivity index (χ4n) is 3.95. The molecule has 10 heteroatoms. The molecular formula is C27H26ClN3O5S. The SMILES string of the molecule is COc1ccc(-c2cnsc2-c2cc(OC)c(OC)c(OC)c2)cc1NC(=O)[C@@H](NCl)c1ccccc1. The van der Waals surface area contributed by atoms with Crippen molar-refractivity contribution >= 4 is 34.9 Å². The predicted molar refractivity (Wildman–Crippen MR) is 146 cm³/mol. The van der Waals surface area contributed by atoms with E-state index < -0.39 is 6.04 Å². The van der Waals surface area contributed by atoms with Gasteiger partial charge in [0, 0.05) is 17.3 Å². The first-order valence-electron chi connectivity index (χ1n) is 11.2. The van der Waals surface area contributed by atoms with Gasteiger partial charge >= 0.3 is 0 Å². The molecule has 1 amide bonds. The number of hydrogen-bond donors (Lipinski definition) is 2. The van der Waals surface area contributed by atoms with Crippen LogP contribution in [0.25, 0.3) is 21.6 Å². The molecule has 3 aromatic carbocycles. The Hall–Kier alpha value is -3.79. The lowest BCUT2D eigenvalue weighted by Crippen LogP contribution is -2.28.